The number of hydrogen-bond donors (Lipinski definition) is 1. The third kappa shape index (κ3) is 14.4. The Labute approximate surface area is 129 Å². The van der Waals surface area contributed by atoms with Gasteiger partial charge in [0, 0.05) is 6.04 Å². The Morgan fingerprint density at radius 2 is 1.00 bits per heavy atom. The van der Waals surface area contributed by atoms with Gasteiger partial charge in [0.15, 0.2) is 0 Å². The minimum atomic E-state index is 0.794. The summed E-state index contributed by atoms with van der Waals surface area (Å²) in [6.07, 6.45) is 19.7. The molecule has 1 N–H and O–H groups in total. The van der Waals surface area contributed by atoms with Crippen molar-refractivity contribution < 1.29 is 0 Å². The van der Waals surface area contributed by atoms with Crippen LogP contribution in [-0.4, -0.2) is 12.6 Å². The fourth-order valence-electron chi connectivity index (χ4n) is 2.86. The monoisotopic (exact) mass is 283 g/mol. The molecule has 1 unspecified atom stereocenters. The highest BCUT2D eigenvalue weighted by Gasteiger charge is 2.06. The Balaban J connectivity index is 3.53. The summed E-state index contributed by atoms with van der Waals surface area (Å²) in [6, 6.07) is 0.794. The summed E-state index contributed by atoms with van der Waals surface area (Å²) in [7, 11) is 0. The second-order valence-electron chi connectivity index (χ2n) is 6.41. The van der Waals surface area contributed by atoms with Crippen molar-refractivity contribution in [3.63, 3.8) is 0 Å². The van der Waals surface area contributed by atoms with Gasteiger partial charge in [0.1, 0.15) is 0 Å². The number of hydrogen-bond acceptors (Lipinski definition) is 1. The quantitative estimate of drug-likeness (QED) is 0.320. The van der Waals surface area contributed by atoms with Gasteiger partial charge >= 0.3 is 0 Å². The Morgan fingerprint density at radius 1 is 0.550 bits per heavy atom. The molecular formula is C19H41N. The number of unbranched alkanes of at least 4 members (excludes halogenated alkanes) is 9. The second-order valence-corrected chi connectivity index (χ2v) is 6.41. The summed E-state index contributed by atoms with van der Waals surface area (Å²) in [6.45, 7) is 8.07. The van der Waals surface area contributed by atoms with E-state index in [1.54, 1.807) is 0 Å². The van der Waals surface area contributed by atoms with Crippen LogP contribution in [0, 0.1) is 0 Å². The first-order chi connectivity index (χ1) is 9.85. The van der Waals surface area contributed by atoms with Gasteiger partial charge in [-0.25, -0.2) is 0 Å². The molecule has 0 aliphatic heterocycles. The van der Waals surface area contributed by atoms with Crippen molar-refractivity contribution in [3.05, 3.63) is 0 Å². The SMILES string of the molecule is CCCCCCCCCC(CCCCCC)NCCC. The fraction of sp³-hybridized carbons (Fsp3) is 1.00. The minimum absolute atomic E-state index is 0.794. The zero-order chi connectivity index (χ0) is 14.9. The highest BCUT2D eigenvalue weighted by molar-refractivity contribution is 4.67. The van der Waals surface area contributed by atoms with Gasteiger partial charge in [-0.1, -0.05) is 91.4 Å². The van der Waals surface area contributed by atoms with Crippen molar-refractivity contribution in [2.75, 3.05) is 6.54 Å². The van der Waals surface area contributed by atoms with E-state index in [0.717, 1.165) is 6.04 Å². The Kier molecular flexibility index (Phi) is 17.0. The maximum absolute atomic E-state index is 3.76. The molecule has 1 heteroatoms. The van der Waals surface area contributed by atoms with E-state index in [1.807, 2.05) is 0 Å². The standard InChI is InChI=1S/C19H41N/c1-4-7-9-11-12-13-15-17-19(20-18-6-3)16-14-10-8-5-2/h19-20H,4-18H2,1-3H3. The zero-order valence-corrected chi connectivity index (χ0v) is 14.7. The van der Waals surface area contributed by atoms with Gasteiger partial charge in [-0.15, -0.1) is 0 Å². The first-order valence-electron chi connectivity index (χ1n) is 9.58. The van der Waals surface area contributed by atoms with Gasteiger partial charge < -0.3 is 5.32 Å². The highest BCUT2D eigenvalue weighted by atomic mass is 14.9. The van der Waals surface area contributed by atoms with Gasteiger partial charge in [0.05, 0.1) is 0 Å². The Hall–Kier alpha value is -0.0400. The van der Waals surface area contributed by atoms with Crippen LogP contribution in [0.2, 0.25) is 0 Å². The molecule has 20 heavy (non-hydrogen) atoms. The first-order valence-corrected chi connectivity index (χ1v) is 9.58. The van der Waals surface area contributed by atoms with E-state index in [1.165, 1.54) is 96.4 Å². The molecule has 0 spiro atoms. The van der Waals surface area contributed by atoms with E-state index in [4.69, 9.17) is 0 Å². The predicted molar refractivity (Wildman–Crippen MR) is 93.5 cm³/mol. The van der Waals surface area contributed by atoms with Crippen LogP contribution in [0.4, 0.5) is 0 Å². The molecule has 0 fully saturated rings. The maximum Gasteiger partial charge on any atom is 0.00670 e. The maximum atomic E-state index is 3.76. The van der Waals surface area contributed by atoms with Crippen LogP contribution in [0.5, 0.6) is 0 Å². The second kappa shape index (κ2) is 17.0. The van der Waals surface area contributed by atoms with Crippen LogP contribution in [-0.2, 0) is 0 Å². The van der Waals surface area contributed by atoms with E-state index in [9.17, 15) is 0 Å². The lowest BCUT2D eigenvalue weighted by Gasteiger charge is -2.18. The average Bonchev–Trinajstić information content (AvgIpc) is 2.47. The molecule has 0 saturated heterocycles. The van der Waals surface area contributed by atoms with Gasteiger partial charge in [0.2, 0.25) is 0 Å². The summed E-state index contributed by atoms with van der Waals surface area (Å²) in [5.41, 5.74) is 0. The lowest BCUT2D eigenvalue weighted by atomic mass is 10.0. The molecule has 0 heterocycles. The van der Waals surface area contributed by atoms with Crippen LogP contribution in [0.15, 0.2) is 0 Å². The zero-order valence-electron chi connectivity index (χ0n) is 14.7. The lowest BCUT2D eigenvalue weighted by molar-refractivity contribution is 0.413. The summed E-state index contributed by atoms with van der Waals surface area (Å²) in [5.74, 6) is 0. The van der Waals surface area contributed by atoms with Crippen molar-refractivity contribution in [1.82, 2.24) is 5.32 Å². The van der Waals surface area contributed by atoms with E-state index in [0.29, 0.717) is 0 Å². The molecule has 122 valence electrons. The van der Waals surface area contributed by atoms with Gasteiger partial charge in [-0.05, 0) is 25.8 Å². The van der Waals surface area contributed by atoms with Crippen LogP contribution >= 0.6 is 0 Å². The molecule has 0 amide bonds. The van der Waals surface area contributed by atoms with Crippen LogP contribution in [0.25, 0.3) is 0 Å². The molecule has 1 atom stereocenters. The normalized spacial score (nSPS) is 12.8. The molecule has 0 saturated carbocycles. The van der Waals surface area contributed by atoms with Crippen LogP contribution in [0.3, 0.4) is 0 Å². The van der Waals surface area contributed by atoms with E-state index in [2.05, 4.69) is 26.1 Å². The molecular weight excluding hydrogens is 242 g/mol. The number of rotatable bonds is 16. The summed E-state index contributed by atoms with van der Waals surface area (Å²) < 4.78 is 0. The van der Waals surface area contributed by atoms with Gasteiger partial charge in [-0.2, -0.15) is 0 Å². The van der Waals surface area contributed by atoms with Crippen LogP contribution < -0.4 is 5.32 Å². The fourth-order valence-corrected chi connectivity index (χ4v) is 2.86. The van der Waals surface area contributed by atoms with Gasteiger partial charge in [0.25, 0.3) is 0 Å². The molecule has 0 rings (SSSR count). The Bertz CT molecular complexity index is 167. The molecule has 0 aliphatic rings. The average molecular weight is 284 g/mol. The topological polar surface area (TPSA) is 12.0 Å². The molecule has 0 aromatic heterocycles. The number of nitrogens with one attached hydrogen (secondary N) is 1. The van der Waals surface area contributed by atoms with E-state index >= 15 is 0 Å². The Morgan fingerprint density at radius 3 is 1.50 bits per heavy atom. The smallest absolute Gasteiger partial charge is 0.00670 e. The summed E-state index contributed by atoms with van der Waals surface area (Å²) in [5, 5.41) is 3.76. The van der Waals surface area contributed by atoms with Crippen molar-refractivity contribution >= 4 is 0 Å². The van der Waals surface area contributed by atoms with Crippen molar-refractivity contribution in [2.45, 2.75) is 117 Å². The molecule has 1 nitrogen and oxygen atoms in total. The molecule has 0 aliphatic carbocycles. The third-order valence-electron chi connectivity index (χ3n) is 4.25. The first kappa shape index (κ1) is 20.0. The van der Waals surface area contributed by atoms with Crippen molar-refractivity contribution in [1.29, 1.82) is 0 Å². The molecule has 0 bridgehead atoms. The predicted octanol–water partition coefficient (Wildman–Crippen LogP) is 6.47. The van der Waals surface area contributed by atoms with Crippen LogP contribution in [0.1, 0.15) is 111 Å². The molecule has 0 radical (unpaired) electrons. The van der Waals surface area contributed by atoms with E-state index < -0.39 is 0 Å². The molecule has 0 aromatic rings. The highest BCUT2D eigenvalue weighted by Crippen LogP contribution is 2.13. The summed E-state index contributed by atoms with van der Waals surface area (Å²) >= 11 is 0. The minimum Gasteiger partial charge on any atom is -0.314 e. The largest absolute Gasteiger partial charge is 0.314 e. The van der Waals surface area contributed by atoms with E-state index in [-0.39, 0.29) is 0 Å². The van der Waals surface area contributed by atoms with Crippen molar-refractivity contribution in [3.8, 4) is 0 Å². The van der Waals surface area contributed by atoms with Crippen molar-refractivity contribution in [2.24, 2.45) is 0 Å². The summed E-state index contributed by atoms with van der Waals surface area (Å²) in [4.78, 5) is 0. The van der Waals surface area contributed by atoms with Gasteiger partial charge in [-0.3, -0.25) is 0 Å². The third-order valence-corrected chi connectivity index (χ3v) is 4.25. The molecule has 0 aromatic carbocycles. The lowest BCUT2D eigenvalue weighted by Crippen LogP contribution is -2.29.